The minimum atomic E-state index is -1.05. The molecule has 1 saturated heterocycles. The van der Waals surface area contributed by atoms with E-state index in [0.717, 1.165) is 0 Å². The summed E-state index contributed by atoms with van der Waals surface area (Å²) in [6, 6.07) is 4.17. The Morgan fingerprint density at radius 3 is 2.70 bits per heavy atom. The van der Waals surface area contributed by atoms with Gasteiger partial charge in [-0.25, -0.2) is 9.18 Å². The van der Waals surface area contributed by atoms with E-state index >= 15 is 0 Å². The van der Waals surface area contributed by atoms with Crippen LogP contribution in [0.3, 0.4) is 0 Å². The molecule has 0 unspecified atom stereocenters. The first kappa shape index (κ1) is 14.9. The zero-order valence-corrected chi connectivity index (χ0v) is 12.3. The van der Waals surface area contributed by atoms with Gasteiger partial charge in [0.05, 0.1) is 17.6 Å². The molecule has 7 heteroatoms. The van der Waals surface area contributed by atoms with Crippen molar-refractivity contribution in [3.8, 4) is 0 Å². The van der Waals surface area contributed by atoms with Gasteiger partial charge in [-0.1, -0.05) is 0 Å². The molecule has 20 heavy (non-hydrogen) atoms. The van der Waals surface area contributed by atoms with E-state index in [1.54, 1.807) is 6.92 Å². The number of halogens is 2. The summed E-state index contributed by atoms with van der Waals surface area (Å²) in [6.45, 7) is 1.92. The molecule has 108 valence electrons. The summed E-state index contributed by atoms with van der Waals surface area (Å²) in [6.07, 6.45) is 0. The summed E-state index contributed by atoms with van der Waals surface area (Å²) in [5, 5.41) is 8.55. The molecule has 2 rings (SSSR count). The number of nitrogens with zero attached hydrogens (tertiary/aromatic N) is 1. The van der Waals surface area contributed by atoms with Crippen molar-refractivity contribution in [3.05, 3.63) is 34.1 Å². The summed E-state index contributed by atoms with van der Waals surface area (Å²) < 4.78 is 18.9. The predicted molar refractivity (Wildman–Crippen MR) is 72.0 cm³/mol. The predicted octanol–water partition coefficient (Wildman–Crippen LogP) is 1.90. The lowest BCUT2D eigenvalue weighted by atomic mass is 9.95. The van der Waals surface area contributed by atoms with Gasteiger partial charge in [0.2, 0.25) is 0 Å². The molecule has 1 fully saturated rings. The quantitative estimate of drug-likeness (QED) is 0.904. The molecule has 0 saturated carbocycles. The number of carbonyl (C=O) groups excluding carboxylic acids is 1. The number of carbonyl (C=O) groups is 2. The van der Waals surface area contributed by atoms with Crippen molar-refractivity contribution in [1.82, 2.24) is 4.90 Å². The second-order valence-electron chi connectivity index (χ2n) is 4.92. The molecular formula is C13H13BrFNO4. The fraction of sp³-hybridized carbons (Fsp3) is 0.385. The molecule has 1 aromatic rings. The number of aliphatic carboxylic acids is 1. The molecular weight excluding hydrogens is 333 g/mol. The molecule has 1 aliphatic rings. The van der Waals surface area contributed by atoms with E-state index in [-0.39, 0.29) is 24.6 Å². The van der Waals surface area contributed by atoms with Crippen molar-refractivity contribution in [2.24, 2.45) is 0 Å². The lowest BCUT2D eigenvalue weighted by molar-refractivity contribution is -0.159. The summed E-state index contributed by atoms with van der Waals surface area (Å²) in [7, 11) is 0. The highest BCUT2D eigenvalue weighted by Gasteiger charge is 2.43. The lowest BCUT2D eigenvalue weighted by Gasteiger charge is -2.47. The van der Waals surface area contributed by atoms with E-state index in [0.29, 0.717) is 4.47 Å². The highest BCUT2D eigenvalue weighted by molar-refractivity contribution is 9.10. The number of hydrogen-bond donors (Lipinski definition) is 1. The Bertz CT molecular complexity index is 557. The molecule has 0 radical (unpaired) electrons. The number of carboxylic acid groups (broad SMARTS) is 1. The molecule has 1 heterocycles. The first-order chi connectivity index (χ1) is 9.31. The van der Waals surface area contributed by atoms with E-state index in [1.165, 1.54) is 23.1 Å². The number of benzene rings is 1. The number of rotatable bonds is 4. The van der Waals surface area contributed by atoms with Gasteiger partial charge in [-0.05, 0) is 41.1 Å². The van der Waals surface area contributed by atoms with Crippen molar-refractivity contribution in [3.63, 3.8) is 0 Å². The van der Waals surface area contributed by atoms with Gasteiger partial charge in [0.25, 0.3) is 5.91 Å². The first-order valence-electron chi connectivity index (χ1n) is 5.91. The summed E-state index contributed by atoms with van der Waals surface area (Å²) in [4.78, 5) is 24.0. The van der Waals surface area contributed by atoms with Crippen molar-refractivity contribution < 1.29 is 23.8 Å². The maximum atomic E-state index is 13.4. The topological polar surface area (TPSA) is 66.8 Å². The highest BCUT2D eigenvalue weighted by Crippen LogP contribution is 2.27. The van der Waals surface area contributed by atoms with Crippen LogP contribution in [0.1, 0.15) is 17.3 Å². The highest BCUT2D eigenvalue weighted by atomic mass is 79.9. The van der Waals surface area contributed by atoms with Crippen LogP contribution in [-0.2, 0) is 9.53 Å². The molecule has 1 N–H and O–H groups in total. The zero-order chi connectivity index (χ0) is 14.9. The average molecular weight is 346 g/mol. The molecule has 0 atom stereocenters. The third kappa shape index (κ3) is 3.16. The SMILES string of the molecule is CC1(OCC(=O)O)CN(C(=O)c2ccc(Br)c(F)c2)C1. The minimum absolute atomic E-state index is 0.256. The van der Waals surface area contributed by atoms with Crippen molar-refractivity contribution in [1.29, 1.82) is 0 Å². The van der Waals surface area contributed by atoms with Crippen LogP contribution in [0.15, 0.2) is 22.7 Å². The van der Waals surface area contributed by atoms with Crippen molar-refractivity contribution >= 4 is 27.8 Å². The van der Waals surface area contributed by atoms with Gasteiger partial charge < -0.3 is 14.7 Å². The van der Waals surface area contributed by atoms with E-state index in [1.807, 2.05) is 0 Å². The maximum Gasteiger partial charge on any atom is 0.329 e. The smallest absolute Gasteiger partial charge is 0.329 e. The Morgan fingerprint density at radius 1 is 1.50 bits per heavy atom. The number of hydrogen-bond acceptors (Lipinski definition) is 3. The Balaban J connectivity index is 1.96. The second kappa shape index (κ2) is 5.49. The molecule has 1 aliphatic heterocycles. The Hall–Kier alpha value is -1.47. The van der Waals surface area contributed by atoms with Gasteiger partial charge in [0, 0.05) is 5.56 Å². The van der Waals surface area contributed by atoms with Gasteiger partial charge in [-0.3, -0.25) is 4.79 Å². The van der Waals surface area contributed by atoms with Crippen molar-refractivity contribution in [2.45, 2.75) is 12.5 Å². The van der Waals surface area contributed by atoms with E-state index < -0.39 is 24.0 Å². The molecule has 1 amide bonds. The lowest BCUT2D eigenvalue weighted by Crippen LogP contribution is -2.63. The van der Waals surface area contributed by atoms with Crippen LogP contribution in [0, 0.1) is 5.82 Å². The Kier molecular flexibility index (Phi) is 4.10. The van der Waals surface area contributed by atoms with Crippen molar-refractivity contribution in [2.75, 3.05) is 19.7 Å². The van der Waals surface area contributed by atoms with Crippen LogP contribution in [0.2, 0.25) is 0 Å². The number of likely N-dealkylation sites (tertiary alicyclic amines) is 1. The summed E-state index contributed by atoms with van der Waals surface area (Å²) in [5.41, 5.74) is -0.395. The maximum absolute atomic E-state index is 13.4. The van der Waals surface area contributed by atoms with Gasteiger partial charge >= 0.3 is 5.97 Å². The van der Waals surface area contributed by atoms with Gasteiger partial charge in [-0.2, -0.15) is 0 Å². The van der Waals surface area contributed by atoms with Crippen LogP contribution >= 0.6 is 15.9 Å². The van der Waals surface area contributed by atoms with Crippen LogP contribution < -0.4 is 0 Å². The zero-order valence-electron chi connectivity index (χ0n) is 10.7. The largest absolute Gasteiger partial charge is 0.480 e. The molecule has 0 bridgehead atoms. The van der Waals surface area contributed by atoms with Crippen LogP contribution in [0.25, 0.3) is 0 Å². The van der Waals surface area contributed by atoms with E-state index in [9.17, 15) is 14.0 Å². The summed E-state index contributed by atoms with van der Waals surface area (Å²) >= 11 is 3.02. The van der Waals surface area contributed by atoms with Gasteiger partial charge in [0.1, 0.15) is 18.0 Å². The van der Waals surface area contributed by atoms with E-state index in [4.69, 9.17) is 9.84 Å². The minimum Gasteiger partial charge on any atom is -0.480 e. The third-order valence-corrected chi connectivity index (χ3v) is 3.69. The monoisotopic (exact) mass is 345 g/mol. The molecule has 1 aromatic carbocycles. The second-order valence-corrected chi connectivity index (χ2v) is 5.78. The molecule has 0 aromatic heterocycles. The molecule has 0 spiro atoms. The normalized spacial score (nSPS) is 16.6. The Labute approximate surface area is 123 Å². The first-order valence-corrected chi connectivity index (χ1v) is 6.70. The third-order valence-electron chi connectivity index (χ3n) is 3.05. The van der Waals surface area contributed by atoms with Crippen LogP contribution in [0.5, 0.6) is 0 Å². The van der Waals surface area contributed by atoms with Gasteiger partial charge in [0.15, 0.2) is 0 Å². The fourth-order valence-corrected chi connectivity index (χ4v) is 2.29. The van der Waals surface area contributed by atoms with E-state index in [2.05, 4.69) is 15.9 Å². The number of amides is 1. The number of carboxylic acids is 1. The summed E-state index contributed by atoms with van der Waals surface area (Å²) in [5.74, 6) is -1.85. The van der Waals surface area contributed by atoms with Gasteiger partial charge in [-0.15, -0.1) is 0 Å². The average Bonchev–Trinajstić information content (AvgIpc) is 2.35. The van der Waals surface area contributed by atoms with Crippen LogP contribution in [0.4, 0.5) is 4.39 Å². The van der Waals surface area contributed by atoms with Crippen LogP contribution in [-0.4, -0.2) is 47.2 Å². The fourth-order valence-electron chi connectivity index (χ4n) is 2.04. The Morgan fingerprint density at radius 2 is 2.15 bits per heavy atom. The number of ether oxygens (including phenoxy) is 1. The standard InChI is InChI=1S/C13H13BrFNO4/c1-13(20-5-11(17)18)6-16(7-13)12(19)8-2-3-9(14)10(15)4-8/h2-4H,5-7H2,1H3,(H,17,18). The molecule has 0 aliphatic carbocycles. The molecule has 5 nitrogen and oxygen atoms in total.